The summed E-state index contributed by atoms with van der Waals surface area (Å²) >= 11 is 10.1. The molecule has 0 saturated heterocycles. The molecule has 3 aromatic rings. The first kappa shape index (κ1) is 18.6. The van der Waals surface area contributed by atoms with Crippen LogP contribution in [-0.2, 0) is 26.2 Å². The molecular formula is C16H16Cl2Zr. The Kier molecular flexibility index (Phi) is 12.4. The summed E-state index contributed by atoms with van der Waals surface area (Å²) in [5.74, 6) is 1.11. The second-order valence-electron chi connectivity index (χ2n) is 3.49. The Labute approximate surface area is 144 Å². The van der Waals surface area contributed by atoms with Crippen LogP contribution in [-0.4, -0.2) is 11.8 Å². The van der Waals surface area contributed by atoms with E-state index in [4.69, 9.17) is 23.2 Å². The van der Waals surface area contributed by atoms with E-state index in [1.54, 1.807) is 0 Å². The Morgan fingerprint density at radius 1 is 0.789 bits per heavy atom. The number of alkyl halides is 2. The average molecular weight is 370 g/mol. The third-order valence-electron chi connectivity index (χ3n) is 2.17. The second-order valence-corrected chi connectivity index (χ2v) is 4.25. The summed E-state index contributed by atoms with van der Waals surface area (Å²) in [4.78, 5) is 0. The molecule has 0 heterocycles. The molecule has 0 N–H and O–H groups in total. The number of hydrogen-bond acceptors (Lipinski definition) is 0. The van der Waals surface area contributed by atoms with Gasteiger partial charge in [-0.05, 0) is 0 Å². The van der Waals surface area contributed by atoms with Gasteiger partial charge in [-0.25, -0.2) is 12.1 Å². The minimum Gasteiger partial charge on any atom is -0.214 e. The Bertz CT molecular complexity index is 451. The van der Waals surface area contributed by atoms with Crippen LogP contribution in [0.4, 0.5) is 0 Å². The van der Waals surface area contributed by atoms with E-state index in [0.29, 0.717) is 11.8 Å². The van der Waals surface area contributed by atoms with Gasteiger partial charge in [0.15, 0.2) is 0 Å². The molecule has 3 rings (SSSR count). The van der Waals surface area contributed by atoms with Crippen molar-refractivity contribution in [3.05, 3.63) is 72.8 Å². The molecule has 0 nitrogen and oxygen atoms in total. The van der Waals surface area contributed by atoms with E-state index in [-0.39, 0.29) is 26.2 Å². The van der Waals surface area contributed by atoms with E-state index < -0.39 is 0 Å². The van der Waals surface area contributed by atoms with Crippen molar-refractivity contribution >= 4 is 34.0 Å². The topological polar surface area (TPSA) is 0 Å². The summed E-state index contributed by atoms with van der Waals surface area (Å²) in [6, 6.07) is 24.7. The quantitative estimate of drug-likeness (QED) is 0.396. The molecular weight excluding hydrogens is 354 g/mol. The standard InChI is InChI=1S/C9H7.C5H5.C2H4Cl2.Zr/c1-2-5-9-7-3-6-8(9)4-1;1-2-4-5-3-1;3-1-2-4;/h1-7H;1-5H;1-2H2;/q2*-1;;+2. The van der Waals surface area contributed by atoms with Crippen LogP contribution in [0.15, 0.2) is 72.8 Å². The number of fused-ring (bicyclic) bond motifs is 1. The van der Waals surface area contributed by atoms with Gasteiger partial charge in [0.1, 0.15) is 0 Å². The predicted molar refractivity (Wildman–Crippen MR) is 83.0 cm³/mol. The van der Waals surface area contributed by atoms with Crippen LogP contribution in [0.1, 0.15) is 0 Å². The molecule has 0 aliphatic rings. The van der Waals surface area contributed by atoms with Crippen LogP contribution in [0, 0.1) is 0 Å². The maximum absolute atomic E-state index is 5.05. The smallest absolute Gasteiger partial charge is 0.214 e. The Morgan fingerprint density at radius 3 is 1.89 bits per heavy atom. The van der Waals surface area contributed by atoms with Crippen molar-refractivity contribution < 1.29 is 26.2 Å². The molecule has 0 amide bonds. The molecule has 19 heavy (non-hydrogen) atoms. The fourth-order valence-corrected chi connectivity index (χ4v) is 1.39. The molecule has 0 aromatic heterocycles. The van der Waals surface area contributed by atoms with Gasteiger partial charge >= 0.3 is 26.2 Å². The van der Waals surface area contributed by atoms with Crippen LogP contribution in [0.3, 0.4) is 0 Å². The van der Waals surface area contributed by atoms with E-state index in [9.17, 15) is 0 Å². The number of halogens is 2. The van der Waals surface area contributed by atoms with Gasteiger partial charge < -0.3 is 0 Å². The van der Waals surface area contributed by atoms with Crippen molar-refractivity contribution in [2.75, 3.05) is 11.8 Å². The minimum atomic E-state index is 0. The average Bonchev–Trinajstić information content (AvgIpc) is 3.12. The molecule has 3 aromatic carbocycles. The van der Waals surface area contributed by atoms with E-state index in [1.807, 2.05) is 30.3 Å². The van der Waals surface area contributed by atoms with Gasteiger partial charge in [0, 0.05) is 11.8 Å². The third kappa shape index (κ3) is 8.42. The monoisotopic (exact) mass is 368 g/mol. The van der Waals surface area contributed by atoms with Gasteiger partial charge in [0.05, 0.1) is 0 Å². The normalized spacial score (nSPS) is 8.53. The first-order valence-corrected chi connectivity index (χ1v) is 6.84. The zero-order chi connectivity index (χ0) is 13.1. The van der Waals surface area contributed by atoms with Gasteiger partial charge in [-0.15, -0.1) is 52.9 Å². The number of hydrogen-bond donors (Lipinski definition) is 0. The predicted octanol–water partition coefficient (Wildman–Crippen LogP) is 5.43. The number of rotatable bonds is 1. The number of benzene rings is 1. The SMILES string of the molecule is ClCCCl.[Zr+2].c1cc[cH-]c1.c1ccc2[cH-]ccc2c1. The summed E-state index contributed by atoms with van der Waals surface area (Å²) in [6.45, 7) is 0. The summed E-state index contributed by atoms with van der Waals surface area (Å²) in [5.41, 5.74) is 0. The van der Waals surface area contributed by atoms with Gasteiger partial charge in [0.25, 0.3) is 0 Å². The molecule has 0 aliphatic heterocycles. The van der Waals surface area contributed by atoms with Gasteiger partial charge in [-0.2, -0.15) is 35.7 Å². The van der Waals surface area contributed by atoms with E-state index in [2.05, 4.69) is 42.5 Å². The summed E-state index contributed by atoms with van der Waals surface area (Å²) in [7, 11) is 0. The van der Waals surface area contributed by atoms with Gasteiger partial charge in [-0.1, -0.05) is 6.07 Å². The summed E-state index contributed by atoms with van der Waals surface area (Å²) in [5, 5.41) is 2.66. The zero-order valence-corrected chi connectivity index (χ0v) is 14.6. The van der Waals surface area contributed by atoms with Crippen LogP contribution >= 0.6 is 23.2 Å². The maximum atomic E-state index is 5.05. The van der Waals surface area contributed by atoms with Crippen molar-refractivity contribution in [1.29, 1.82) is 0 Å². The molecule has 0 spiro atoms. The minimum absolute atomic E-state index is 0. The molecule has 98 valence electrons. The maximum Gasteiger partial charge on any atom is 2.00 e. The zero-order valence-electron chi connectivity index (χ0n) is 10.6. The van der Waals surface area contributed by atoms with Crippen LogP contribution in [0.5, 0.6) is 0 Å². The molecule has 0 unspecified atom stereocenters. The van der Waals surface area contributed by atoms with Crippen LogP contribution in [0.25, 0.3) is 10.8 Å². The summed E-state index contributed by atoms with van der Waals surface area (Å²) < 4.78 is 0. The Hall–Kier alpha value is -0.357. The largest absolute Gasteiger partial charge is 2.00 e. The van der Waals surface area contributed by atoms with E-state index in [1.165, 1.54) is 10.8 Å². The first-order valence-electron chi connectivity index (χ1n) is 5.77. The molecule has 0 fully saturated rings. The fraction of sp³-hybridized carbons (Fsp3) is 0.125. The van der Waals surface area contributed by atoms with Crippen LogP contribution < -0.4 is 0 Å². The van der Waals surface area contributed by atoms with Gasteiger partial charge in [-0.3, -0.25) is 0 Å². The first-order chi connectivity index (χ1) is 8.88. The molecule has 0 bridgehead atoms. The molecule has 0 saturated carbocycles. The van der Waals surface area contributed by atoms with Gasteiger partial charge in [0.2, 0.25) is 0 Å². The molecule has 0 aliphatic carbocycles. The Balaban J connectivity index is 0.000000280. The van der Waals surface area contributed by atoms with Crippen molar-refractivity contribution in [3.63, 3.8) is 0 Å². The van der Waals surface area contributed by atoms with Crippen molar-refractivity contribution in [2.24, 2.45) is 0 Å². The molecule has 3 heteroatoms. The van der Waals surface area contributed by atoms with Crippen molar-refractivity contribution in [1.82, 2.24) is 0 Å². The Morgan fingerprint density at radius 2 is 1.42 bits per heavy atom. The summed E-state index contributed by atoms with van der Waals surface area (Å²) in [6.07, 6.45) is 0. The second kappa shape index (κ2) is 12.7. The van der Waals surface area contributed by atoms with Crippen molar-refractivity contribution in [2.45, 2.75) is 0 Å². The van der Waals surface area contributed by atoms with Crippen LogP contribution in [0.2, 0.25) is 0 Å². The molecule has 0 atom stereocenters. The van der Waals surface area contributed by atoms with E-state index in [0.717, 1.165) is 0 Å². The van der Waals surface area contributed by atoms with E-state index >= 15 is 0 Å². The van der Waals surface area contributed by atoms with Crippen molar-refractivity contribution in [3.8, 4) is 0 Å². The molecule has 0 radical (unpaired) electrons. The fourth-order valence-electron chi connectivity index (χ4n) is 1.39. The third-order valence-corrected chi connectivity index (χ3v) is 2.75.